The molecular weight excluding hydrogens is 436 g/mol. The van der Waals surface area contributed by atoms with E-state index in [1.54, 1.807) is 11.8 Å². The number of nitrogens with one attached hydrogen (secondary N) is 1. The molecule has 1 atom stereocenters. The summed E-state index contributed by atoms with van der Waals surface area (Å²) in [5.41, 5.74) is 3.90. The van der Waals surface area contributed by atoms with Crippen molar-refractivity contribution in [3.8, 4) is 5.75 Å². The molecule has 0 aliphatic heterocycles. The van der Waals surface area contributed by atoms with E-state index in [-0.39, 0.29) is 24.5 Å². The third-order valence-electron chi connectivity index (χ3n) is 6.33. The van der Waals surface area contributed by atoms with Crippen LogP contribution in [0.2, 0.25) is 5.02 Å². The van der Waals surface area contributed by atoms with Crippen molar-refractivity contribution in [1.82, 2.24) is 10.2 Å². The van der Waals surface area contributed by atoms with Crippen LogP contribution in [0, 0.1) is 20.8 Å². The highest BCUT2D eigenvalue weighted by atomic mass is 35.5. The lowest BCUT2D eigenvalue weighted by Crippen LogP contribution is -2.51. The largest absolute Gasteiger partial charge is 0.484 e. The Morgan fingerprint density at radius 3 is 2.39 bits per heavy atom. The van der Waals surface area contributed by atoms with E-state index in [9.17, 15) is 9.59 Å². The number of halogens is 1. The predicted octanol–water partition coefficient (Wildman–Crippen LogP) is 5.51. The van der Waals surface area contributed by atoms with Crippen LogP contribution >= 0.6 is 11.6 Å². The monoisotopic (exact) mass is 470 g/mol. The lowest BCUT2D eigenvalue weighted by atomic mass is 9.95. The Morgan fingerprint density at radius 2 is 1.76 bits per heavy atom. The third-order valence-corrected chi connectivity index (χ3v) is 6.92. The smallest absolute Gasteiger partial charge is 0.261 e. The molecule has 0 spiro atoms. The topological polar surface area (TPSA) is 58.6 Å². The number of carbonyl (C=O) groups excluding carboxylic acids is 2. The van der Waals surface area contributed by atoms with Crippen molar-refractivity contribution in [3.63, 3.8) is 0 Å². The van der Waals surface area contributed by atoms with Crippen LogP contribution in [0.25, 0.3) is 0 Å². The van der Waals surface area contributed by atoms with Crippen LogP contribution in [0.1, 0.15) is 61.3 Å². The van der Waals surface area contributed by atoms with Crippen molar-refractivity contribution in [2.24, 2.45) is 0 Å². The van der Waals surface area contributed by atoms with Gasteiger partial charge in [0.05, 0.1) is 0 Å². The van der Waals surface area contributed by atoms with Crippen LogP contribution in [0.15, 0.2) is 36.4 Å². The molecule has 2 aromatic carbocycles. The lowest BCUT2D eigenvalue weighted by molar-refractivity contribution is -0.142. The van der Waals surface area contributed by atoms with Crippen molar-refractivity contribution in [2.75, 3.05) is 6.61 Å². The van der Waals surface area contributed by atoms with Gasteiger partial charge in [0.1, 0.15) is 11.8 Å². The van der Waals surface area contributed by atoms with Gasteiger partial charge in [0.2, 0.25) is 5.91 Å². The second-order valence-electron chi connectivity index (χ2n) is 9.19. The maximum atomic E-state index is 13.3. The van der Waals surface area contributed by atoms with E-state index < -0.39 is 6.04 Å². The zero-order valence-electron chi connectivity index (χ0n) is 20.1. The van der Waals surface area contributed by atoms with E-state index in [4.69, 9.17) is 16.3 Å². The molecule has 0 radical (unpaired) electrons. The zero-order chi connectivity index (χ0) is 24.0. The molecule has 1 aliphatic carbocycles. The molecule has 5 nitrogen and oxygen atoms in total. The van der Waals surface area contributed by atoms with Gasteiger partial charge in [-0.3, -0.25) is 9.59 Å². The summed E-state index contributed by atoms with van der Waals surface area (Å²) in [7, 11) is 0. The van der Waals surface area contributed by atoms with Crippen LogP contribution < -0.4 is 10.1 Å². The molecule has 1 fully saturated rings. The number of benzene rings is 2. The summed E-state index contributed by atoms with van der Waals surface area (Å²) >= 11 is 6.25. The molecule has 1 N–H and O–H groups in total. The fourth-order valence-electron chi connectivity index (χ4n) is 4.38. The van der Waals surface area contributed by atoms with Gasteiger partial charge in [-0.05, 0) is 69.4 Å². The zero-order valence-corrected chi connectivity index (χ0v) is 20.9. The number of hydrogen-bond acceptors (Lipinski definition) is 3. The van der Waals surface area contributed by atoms with Gasteiger partial charge in [-0.1, -0.05) is 60.7 Å². The summed E-state index contributed by atoms with van der Waals surface area (Å²) in [6, 6.07) is 11.3. The van der Waals surface area contributed by atoms with Crippen molar-refractivity contribution >= 4 is 23.4 Å². The molecule has 0 aromatic heterocycles. The second-order valence-corrected chi connectivity index (χ2v) is 9.57. The maximum absolute atomic E-state index is 13.3. The molecule has 2 aromatic rings. The quantitative estimate of drug-likeness (QED) is 0.553. The minimum atomic E-state index is -0.600. The minimum absolute atomic E-state index is 0.110. The van der Waals surface area contributed by atoms with Crippen LogP contribution in [0.5, 0.6) is 5.75 Å². The van der Waals surface area contributed by atoms with Crippen molar-refractivity contribution in [1.29, 1.82) is 0 Å². The van der Waals surface area contributed by atoms with Crippen LogP contribution in [0.3, 0.4) is 0 Å². The highest BCUT2D eigenvalue weighted by Crippen LogP contribution is 2.26. The number of carbonyl (C=O) groups is 2. The van der Waals surface area contributed by atoms with Crippen LogP contribution in [0.4, 0.5) is 0 Å². The third kappa shape index (κ3) is 6.97. The molecule has 178 valence electrons. The van der Waals surface area contributed by atoms with Gasteiger partial charge in [0.15, 0.2) is 6.61 Å². The number of amides is 2. The van der Waals surface area contributed by atoms with E-state index in [2.05, 4.69) is 5.32 Å². The fourth-order valence-corrected chi connectivity index (χ4v) is 4.49. The number of nitrogens with zero attached hydrogens (tertiary/aromatic N) is 1. The number of hydrogen-bond donors (Lipinski definition) is 1. The highest BCUT2D eigenvalue weighted by molar-refractivity contribution is 6.32. The van der Waals surface area contributed by atoms with Crippen molar-refractivity contribution < 1.29 is 14.3 Å². The van der Waals surface area contributed by atoms with Crippen molar-refractivity contribution in [2.45, 2.75) is 78.4 Å². The summed E-state index contributed by atoms with van der Waals surface area (Å²) in [5, 5.41) is 3.85. The lowest BCUT2D eigenvalue weighted by Gasteiger charge is -2.31. The Kier molecular flexibility index (Phi) is 8.79. The Morgan fingerprint density at radius 1 is 1.09 bits per heavy atom. The minimum Gasteiger partial charge on any atom is -0.484 e. The average molecular weight is 471 g/mol. The SMILES string of the molecule is Cc1cccc(CN(C(=O)COc2cc(C)c(Cl)c(C)c2)[C@H](C)C(=O)NC2CCCCC2)c1. The van der Waals surface area contributed by atoms with E-state index in [0.29, 0.717) is 17.3 Å². The molecule has 1 aliphatic rings. The number of ether oxygens (including phenoxy) is 1. The summed E-state index contributed by atoms with van der Waals surface area (Å²) < 4.78 is 5.83. The molecule has 6 heteroatoms. The normalized spacial score (nSPS) is 15.1. The van der Waals surface area contributed by atoms with Gasteiger partial charge in [-0.25, -0.2) is 0 Å². The molecule has 3 rings (SSSR count). The Balaban J connectivity index is 1.73. The summed E-state index contributed by atoms with van der Waals surface area (Å²) in [4.78, 5) is 27.9. The highest BCUT2D eigenvalue weighted by Gasteiger charge is 2.28. The molecule has 0 bridgehead atoms. The molecule has 0 heterocycles. The second kappa shape index (κ2) is 11.6. The van der Waals surface area contributed by atoms with Gasteiger partial charge in [-0.15, -0.1) is 0 Å². The van der Waals surface area contributed by atoms with Gasteiger partial charge in [0.25, 0.3) is 5.91 Å². The number of aryl methyl sites for hydroxylation is 3. The average Bonchev–Trinajstić information content (AvgIpc) is 2.79. The first-order valence-corrected chi connectivity index (χ1v) is 12.2. The standard InChI is InChI=1S/C27H35ClN2O3/c1-18-9-8-10-22(13-18)16-30(21(4)27(32)29-23-11-6-5-7-12-23)25(31)17-33-24-14-19(2)26(28)20(3)15-24/h8-10,13-15,21,23H,5-7,11-12,16-17H2,1-4H3,(H,29,32)/t21-/m1/s1. The number of rotatable bonds is 8. The van der Waals surface area contributed by atoms with E-state index >= 15 is 0 Å². The summed E-state index contributed by atoms with van der Waals surface area (Å²) in [6.45, 7) is 7.83. The van der Waals surface area contributed by atoms with Gasteiger partial charge in [0, 0.05) is 17.6 Å². The Bertz CT molecular complexity index is 962. The Hall–Kier alpha value is -2.53. The van der Waals surface area contributed by atoms with E-state index in [0.717, 1.165) is 47.9 Å². The van der Waals surface area contributed by atoms with Gasteiger partial charge < -0.3 is 15.0 Å². The molecule has 2 amide bonds. The first kappa shape index (κ1) is 25.1. The molecule has 0 unspecified atom stereocenters. The fraction of sp³-hybridized carbons (Fsp3) is 0.481. The van der Waals surface area contributed by atoms with Crippen molar-refractivity contribution in [3.05, 3.63) is 63.7 Å². The Labute approximate surface area is 202 Å². The van der Waals surface area contributed by atoms with Gasteiger partial charge in [-0.2, -0.15) is 0 Å². The predicted molar refractivity (Wildman–Crippen MR) is 133 cm³/mol. The first-order chi connectivity index (χ1) is 15.7. The van der Waals surface area contributed by atoms with E-state index in [1.165, 1.54) is 6.42 Å². The van der Waals surface area contributed by atoms with Gasteiger partial charge >= 0.3 is 0 Å². The molecule has 1 saturated carbocycles. The summed E-state index contributed by atoms with van der Waals surface area (Å²) in [6.07, 6.45) is 5.50. The van der Waals surface area contributed by atoms with Crippen LogP contribution in [-0.2, 0) is 16.1 Å². The first-order valence-electron chi connectivity index (χ1n) is 11.8. The molecular formula is C27H35ClN2O3. The maximum Gasteiger partial charge on any atom is 0.261 e. The molecule has 33 heavy (non-hydrogen) atoms. The molecule has 0 saturated heterocycles. The van der Waals surface area contributed by atoms with Crippen LogP contribution in [-0.4, -0.2) is 35.4 Å². The van der Waals surface area contributed by atoms with E-state index in [1.807, 2.05) is 57.2 Å². The summed E-state index contributed by atoms with van der Waals surface area (Å²) in [5.74, 6) is 0.256.